The molecule has 136 valence electrons. The summed E-state index contributed by atoms with van der Waals surface area (Å²) in [5.41, 5.74) is 3.15. The van der Waals surface area contributed by atoms with Gasteiger partial charge in [-0.3, -0.25) is 9.69 Å². The van der Waals surface area contributed by atoms with Crippen LogP contribution in [0.4, 0.5) is 11.6 Å². The van der Waals surface area contributed by atoms with Gasteiger partial charge in [-0.15, -0.1) is 0 Å². The van der Waals surface area contributed by atoms with Gasteiger partial charge in [0.2, 0.25) is 11.9 Å². The molecule has 0 bridgehead atoms. The van der Waals surface area contributed by atoms with E-state index in [2.05, 4.69) is 19.8 Å². The third-order valence-electron chi connectivity index (χ3n) is 5.50. The first-order valence-electron chi connectivity index (χ1n) is 9.29. The van der Waals surface area contributed by atoms with Gasteiger partial charge in [0.25, 0.3) is 0 Å². The first-order valence-corrected chi connectivity index (χ1v) is 9.29. The van der Waals surface area contributed by atoms with Crippen molar-refractivity contribution in [3.8, 4) is 0 Å². The first-order chi connectivity index (χ1) is 12.6. The van der Waals surface area contributed by atoms with Crippen LogP contribution in [0.15, 0.2) is 36.5 Å². The average molecular weight is 351 g/mol. The van der Waals surface area contributed by atoms with Gasteiger partial charge in [-0.1, -0.05) is 18.2 Å². The average Bonchev–Trinajstić information content (AvgIpc) is 3.06. The van der Waals surface area contributed by atoms with Crippen molar-refractivity contribution >= 4 is 17.5 Å². The number of hydrogen-bond donors (Lipinski definition) is 0. The van der Waals surface area contributed by atoms with E-state index < -0.39 is 0 Å². The maximum atomic E-state index is 12.9. The molecule has 1 aromatic carbocycles. The molecular weight excluding hydrogens is 326 g/mol. The number of carbonyl (C=O) groups excluding carboxylic acids is 1. The van der Waals surface area contributed by atoms with Crippen molar-refractivity contribution in [2.24, 2.45) is 0 Å². The maximum Gasteiger partial charge on any atom is 0.244 e. The van der Waals surface area contributed by atoms with Crippen molar-refractivity contribution in [2.75, 3.05) is 42.5 Å². The van der Waals surface area contributed by atoms with E-state index in [1.54, 1.807) is 0 Å². The molecule has 1 amide bonds. The van der Waals surface area contributed by atoms with Crippen LogP contribution in [0.25, 0.3) is 0 Å². The van der Waals surface area contributed by atoms with Crippen molar-refractivity contribution in [2.45, 2.75) is 26.3 Å². The smallest absolute Gasteiger partial charge is 0.244 e. The molecule has 1 aromatic heterocycles. The summed E-state index contributed by atoms with van der Waals surface area (Å²) >= 11 is 0. The normalized spacial score (nSPS) is 21.5. The van der Waals surface area contributed by atoms with Crippen LogP contribution in [-0.4, -0.2) is 59.5 Å². The molecule has 0 spiro atoms. The number of piperazine rings is 1. The third kappa shape index (κ3) is 3.17. The summed E-state index contributed by atoms with van der Waals surface area (Å²) in [5, 5.41) is 0. The number of nitrogens with zero attached hydrogens (tertiary/aromatic N) is 5. The number of aryl methyl sites for hydroxylation is 2. The molecule has 2 aliphatic heterocycles. The summed E-state index contributed by atoms with van der Waals surface area (Å²) in [6.07, 6.45) is 2.79. The van der Waals surface area contributed by atoms with Crippen LogP contribution in [0.2, 0.25) is 0 Å². The second-order valence-electron chi connectivity index (χ2n) is 7.09. The van der Waals surface area contributed by atoms with E-state index in [0.29, 0.717) is 0 Å². The minimum atomic E-state index is -0.00183. The van der Waals surface area contributed by atoms with Gasteiger partial charge in [-0.05, 0) is 38.0 Å². The highest BCUT2D eigenvalue weighted by Gasteiger charge is 2.37. The molecule has 0 N–H and O–H groups in total. The van der Waals surface area contributed by atoms with E-state index in [1.807, 2.05) is 55.3 Å². The van der Waals surface area contributed by atoms with Gasteiger partial charge in [0.15, 0.2) is 0 Å². The monoisotopic (exact) mass is 351 g/mol. The summed E-state index contributed by atoms with van der Waals surface area (Å²) in [5.74, 6) is 1.03. The Bertz CT molecular complexity index is 786. The topological polar surface area (TPSA) is 52.6 Å². The van der Waals surface area contributed by atoms with Gasteiger partial charge in [0.05, 0.1) is 6.04 Å². The molecule has 6 heteroatoms. The summed E-state index contributed by atoms with van der Waals surface area (Å²) < 4.78 is 0. The standard InChI is InChI=1S/C20H25N5O/c1-15-14-21-20(22-16(15)2)24-12-10-23(11-13-24)18-8-9-25(19(18)26)17-6-4-3-5-7-17/h3-7,14,18H,8-13H2,1-2H3. The quantitative estimate of drug-likeness (QED) is 0.847. The molecule has 2 aliphatic rings. The zero-order valence-corrected chi connectivity index (χ0v) is 15.4. The second kappa shape index (κ2) is 7.03. The highest BCUT2D eigenvalue weighted by atomic mass is 16.2. The van der Waals surface area contributed by atoms with Gasteiger partial charge in [0, 0.05) is 50.3 Å². The summed E-state index contributed by atoms with van der Waals surface area (Å²) in [4.78, 5) is 28.4. The number of amides is 1. The molecule has 3 heterocycles. The van der Waals surface area contributed by atoms with Crippen molar-refractivity contribution < 1.29 is 4.79 Å². The number of carbonyl (C=O) groups is 1. The lowest BCUT2D eigenvalue weighted by atomic mass is 10.2. The molecule has 26 heavy (non-hydrogen) atoms. The van der Waals surface area contributed by atoms with Gasteiger partial charge in [0.1, 0.15) is 0 Å². The van der Waals surface area contributed by atoms with E-state index >= 15 is 0 Å². The molecule has 0 aliphatic carbocycles. The minimum Gasteiger partial charge on any atom is -0.338 e. The SMILES string of the molecule is Cc1cnc(N2CCN(C3CCN(c4ccccc4)C3=O)CC2)nc1C. The van der Waals surface area contributed by atoms with E-state index in [0.717, 1.165) is 62.0 Å². The van der Waals surface area contributed by atoms with Crippen molar-refractivity contribution in [3.63, 3.8) is 0 Å². The van der Waals surface area contributed by atoms with E-state index in [-0.39, 0.29) is 11.9 Å². The highest BCUT2D eigenvalue weighted by molar-refractivity contribution is 5.99. The van der Waals surface area contributed by atoms with Crippen molar-refractivity contribution in [3.05, 3.63) is 47.8 Å². The fourth-order valence-electron chi connectivity index (χ4n) is 3.77. The number of para-hydroxylation sites is 1. The van der Waals surface area contributed by atoms with Crippen molar-refractivity contribution in [1.29, 1.82) is 0 Å². The molecule has 2 aromatic rings. The lowest BCUT2D eigenvalue weighted by Gasteiger charge is -2.37. The van der Waals surface area contributed by atoms with Crippen LogP contribution in [0.3, 0.4) is 0 Å². The number of rotatable bonds is 3. The second-order valence-corrected chi connectivity index (χ2v) is 7.09. The first kappa shape index (κ1) is 17.0. The maximum absolute atomic E-state index is 12.9. The summed E-state index contributed by atoms with van der Waals surface area (Å²) in [6.45, 7) is 8.31. The Morgan fingerprint density at radius 1 is 1.00 bits per heavy atom. The van der Waals surface area contributed by atoms with Gasteiger partial charge < -0.3 is 9.80 Å². The summed E-state index contributed by atoms with van der Waals surface area (Å²) in [6, 6.07) is 9.97. The molecular formula is C20H25N5O. The number of hydrogen-bond acceptors (Lipinski definition) is 5. The zero-order chi connectivity index (χ0) is 18.1. The molecule has 0 saturated carbocycles. The molecule has 4 rings (SSSR count). The van der Waals surface area contributed by atoms with Crippen LogP contribution in [-0.2, 0) is 4.79 Å². The van der Waals surface area contributed by atoms with Crippen LogP contribution in [0, 0.1) is 13.8 Å². The molecule has 0 radical (unpaired) electrons. The number of benzene rings is 1. The number of anilines is 2. The fraction of sp³-hybridized carbons (Fsp3) is 0.450. The zero-order valence-electron chi connectivity index (χ0n) is 15.4. The molecule has 1 atom stereocenters. The summed E-state index contributed by atoms with van der Waals surface area (Å²) in [7, 11) is 0. The predicted molar refractivity (Wildman–Crippen MR) is 102 cm³/mol. The lowest BCUT2D eigenvalue weighted by molar-refractivity contribution is -0.121. The van der Waals surface area contributed by atoms with Crippen molar-refractivity contribution in [1.82, 2.24) is 14.9 Å². The van der Waals surface area contributed by atoms with E-state index in [9.17, 15) is 4.79 Å². The highest BCUT2D eigenvalue weighted by Crippen LogP contribution is 2.25. The van der Waals surface area contributed by atoms with E-state index in [1.165, 1.54) is 0 Å². The Labute approximate surface area is 154 Å². The lowest BCUT2D eigenvalue weighted by Crippen LogP contribution is -2.53. The van der Waals surface area contributed by atoms with Gasteiger partial charge in [-0.2, -0.15) is 0 Å². The van der Waals surface area contributed by atoms with Crippen LogP contribution in [0.5, 0.6) is 0 Å². The fourth-order valence-corrected chi connectivity index (χ4v) is 3.77. The molecule has 1 unspecified atom stereocenters. The Kier molecular flexibility index (Phi) is 4.59. The van der Waals surface area contributed by atoms with Crippen LogP contribution >= 0.6 is 0 Å². The van der Waals surface area contributed by atoms with E-state index in [4.69, 9.17) is 0 Å². The Balaban J connectivity index is 1.39. The largest absolute Gasteiger partial charge is 0.338 e. The molecule has 6 nitrogen and oxygen atoms in total. The van der Waals surface area contributed by atoms with Crippen LogP contribution < -0.4 is 9.80 Å². The Morgan fingerprint density at radius 3 is 2.42 bits per heavy atom. The Morgan fingerprint density at radius 2 is 1.73 bits per heavy atom. The Hall–Kier alpha value is -2.47. The predicted octanol–water partition coefficient (Wildman–Crippen LogP) is 2.02. The molecule has 2 fully saturated rings. The molecule has 2 saturated heterocycles. The number of aromatic nitrogens is 2. The van der Waals surface area contributed by atoms with Gasteiger partial charge >= 0.3 is 0 Å². The van der Waals surface area contributed by atoms with Gasteiger partial charge in [-0.25, -0.2) is 9.97 Å². The minimum absolute atomic E-state index is 0.00183. The van der Waals surface area contributed by atoms with Crippen LogP contribution in [0.1, 0.15) is 17.7 Å². The third-order valence-corrected chi connectivity index (χ3v) is 5.50.